The van der Waals surface area contributed by atoms with Crippen molar-refractivity contribution in [1.29, 1.82) is 0 Å². The van der Waals surface area contributed by atoms with Gasteiger partial charge in [0, 0.05) is 73.1 Å². The highest BCUT2D eigenvalue weighted by Gasteiger charge is 2.94. The molecule has 0 amide bonds. The Labute approximate surface area is 464 Å². The topological polar surface area (TPSA) is 105 Å². The van der Waals surface area contributed by atoms with E-state index in [0.717, 1.165) is 56.3 Å². The first-order valence-corrected chi connectivity index (χ1v) is 33.0. The number of aliphatic hydroxyl groups is 1. The molecular weight excluding hydrogens is 963 g/mol. The molecule has 7 heterocycles. The second-order valence-electron chi connectivity index (χ2n) is 30.5. The summed E-state index contributed by atoms with van der Waals surface area (Å²) >= 11 is 0. The number of esters is 2. The Hall–Kier alpha value is -3.80. The van der Waals surface area contributed by atoms with Crippen molar-refractivity contribution in [2.24, 2.45) is 97.9 Å². The first kappa shape index (κ1) is 47.8. The number of hydrogen-bond acceptors (Lipinski definition) is 8. The third-order valence-electron chi connectivity index (χ3n) is 28.7. The second-order valence-corrected chi connectivity index (χ2v) is 30.5. The van der Waals surface area contributed by atoms with Crippen LogP contribution in [0.5, 0.6) is 0 Å². The van der Waals surface area contributed by atoms with E-state index >= 15 is 9.59 Å². The fourth-order valence-corrected chi connectivity index (χ4v) is 26.6. The average Bonchev–Trinajstić information content (AvgIpc) is 3.52. The number of aryl methyl sites for hydroxylation is 1. The van der Waals surface area contributed by atoms with Crippen LogP contribution in [-0.4, -0.2) is 64.6 Å². The van der Waals surface area contributed by atoms with Crippen LogP contribution < -0.4 is 5.73 Å². The normalized spacial score (nSPS) is 49.7. The van der Waals surface area contributed by atoms with Crippen LogP contribution in [0, 0.1) is 104 Å². The van der Waals surface area contributed by atoms with E-state index in [1.54, 1.807) is 16.8 Å². The maximum atomic E-state index is 16.8. The van der Waals surface area contributed by atoms with Gasteiger partial charge in [-0.2, -0.15) is 0 Å². The van der Waals surface area contributed by atoms with Crippen molar-refractivity contribution in [3.05, 3.63) is 81.0 Å². The number of carbonyl (C=O) groups excluding carboxylic acids is 2. The van der Waals surface area contributed by atoms with E-state index in [4.69, 9.17) is 15.2 Å². The smallest absolute Gasteiger partial charge is 0.339 e. The second kappa shape index (κ2) is 16.3. The highest BCUT2D eigenvalue weighted by atomic mass is 16.6. The number of ether oxygens (including phenoxy) is 2. The van der Waals surface area contributed by atoms with Crippen LogP contribution >= 0.6 is 0 Å². The molecule has 3 N–H and O–H groups in total. The third-order valence-corrected chi connectivity index (χ3v) is 28.7. The summed E-state index contributed by atoms with van der Waals surface area (Å²) in [4.78, 5) is 38.4. The van der Waals surface area contributed by atoms with Crippen molar-refractivity contribution in [3.8, 4) is 11.8 Å². The number of allylic oxidation sites excluding steroid dienone is 4. The van der Waals surface area contributed by atoms with Gasteiger partial charge >= 0.3 is 11.9 Å². The monoisotopic (exact) mass is 1050 g/mol. The van der Waals surface area contributed by atoms with Crippen molar-refractivity contribution in [2.75, 3.05) is 19.6 Å². The predicted octanol–water partition coefficient (Wildman–Crippen LogP) is 13.2. The number of piperidine rings is 2. The molecule has 9 fully saturated rings. The van der Waals surface area contributed by atoms with Gasteiger partial charge < -0.3 is 25.2 Å². The molecule has 18 rings (SSSR count). The van der Waals surface area contributed by atoms with Crippen LogP contribution in [0.25, 0.3) is 0 Å². The Morgan fingerprint density at radius 2 is 1.68 bits per heavy atom. The van der Waals surface area contributed by atoms with Gasteiger partial charge in [-0.15, -0.1) is 5.92 Å². The van der Waals surface area contributed by atoms with Crippen molar-refractivity contribution in [2.45, 2.75) is 210 Å². The minimum absolute atomic E-state index is 0.0934. The molecule has 0 aromatic heterocycles. The molecule has 3 saturated heterocycles. The van der Waals surface area contributed by atoms with Crippen LogP contribution in [0.4, 0.5) is 0 Å². The maximum absolute atomic E-state index is 16.8. The molecule has 10 bridgehead atoms. The molecule has 17 aliphatic rings. The van der Waals surface area contributed by atoms with Crippen LogP contribution in [0.3, 0.4) is 0 Å². The van der Waals surface area contributed by atoms with Gasteiger partial charge in [0.2, 0.25) is 0 Å². The quantitative estimate of drug-likeness (QED) is 0.175. The van der Waals surface area contributed by atoms with Gasteiger partial charge in [-0.05, 0) is 210 Å². The molecule has 6 saturated carbocycles. The number of fused-ring (bicyclic) bond motifs is 8. The van der Waals surface area contributed by atoms with E-state index in [0.29, 0.717) is 107 Å². The van der Waals surface area contributed by atoms with Crippen LogP contribution in [0.15, 0.2) is 64.3 Å². The Morgan fingerprint density at radius 1 is 0.821 bits per heavy atom. The lowest BCUT2D eigenvalue weighted by atomic mass is 9.27. The van der Waals surface area contributed by atoms with Crippen LogP contribution in [0.1, 0.15) is 202 Å². The molecule has 412 valence electrons. The number of nitrogens with two attached hydrogens (primary N) is 1. The molecule has 7 aliphatic heterocycles. The van der Waals surface area contributed by atoms with E-state index in [-0.39, 0.29) is 47.1 Å². The summed E-state index contributed by atoms with van der Waals surface area (Å²) in [6.07, 6.45) is 37.2. The Morgan fingerprint density at radius 3 is 2.55 bits per heavy atom. The minimum Gasteiger partial charge on any atom is -0.509 e. The summed E-state index contributed by atoms with van der Waals surface area (Å²) in [5, 5.41) is 14.3. The van der Waals surface area contributed by atoms with E-state index in [1.165, 1.54) is 134 Å². The lowest BCUT2D eigenvalue weighted by Gasteiger charge is -2.73. The molecule has 8 nitrogen and oxygen atoms in total. The molecule has 10 aliphatic carbocycles. The molecule has 6 spiro atoms. The number of benzene rings is 1. The fraction of sp³-hybridized carbons (Fsp3) is 0.743. The summed E-state index contributed by atoms with van der Waals surface area (Å²) in [6.45, 7) is 5.31. The zero-order chi connectivity index (χ0) is 51.9. The number of carbonyl (C=O) groups is 2. The summed E-state index contributed by atoms with van der Waals surface area (Å²) in [6, 6.07) is 7.43. The molecule has 78 heavy (non-hydrogen) atoms. The average molecular weight is 1050 g/mol. The summed E-state index contributed by atoms with van der Waals surface area (Å²) in [7, 11) is 0. The number of aliphatic hydroxyl groups excluding tert-OH is 1. The van der Waals surface area contributed by atoms with E-state index in [2.05, 4.69) is 58.9 Å². The number of nitrogens with zero attached hydrogens (tertiary/aromatic N) is 2. The first-order valence-electron chi connectivity index (χ1n) is 33.0. The standard InChI is InChI=1S/C70H87N3O5/c1-40-31-45-21-22-54-46-32-47-39-73(54)61(45)59-50-23-29-68-62(56(74)35-55-48-36-65(24-4-5-25-65)67(37-48)28-10-27-66(67)26-8-16-49(66)15-7-18-53(47)72(55)38-46)77-64(76)69(68)57(70(68)52-17-6-13-42(14-9-30-71)58(52)63(75)78-70)34-43(41-11-2-3-12-41)19-20-44(60(50)69)33-51(40)59/h6,13,17,19-20,40-41,43-44,46-49,51,53-55,57,59,74H,2-5,8-12,14,16,18,21-39,71H2,1H3/b20-19-,62-56+/t40-,43-,44-,46-,47-,48-,49+,51+,53-,54+,55+,57+,59+,66+,67+,68-,69-,70-/m1/s1. The Balaban J connectivity index is 0.914. The van der Waals surface area contributed by atoms with Gasteiger partial charge in [-0.1, -0.05) is 92.9 Å². The SMILES string of the molecule is C[C@@H]1CC2=C3[C@H]4C5=C6[C@H](/C=C\[C@@H](C7CCCC7)C[C@H]7[C@]68C(=O)O/C(=C(/O)C[C@H]6[C@@H]9CC%10(CCCC%10)[C@]%10(CCC[C@]%10%11CCC[C@@H]%11C#CC[C@@H]%10[C@@H]%11C[C@H](CN%106)[C@H](CC2)N3C%11)C9)[C@@]8(CC5)[C@]72OC(=O)c3c(CCCN)cccc32)C[C@H]41. The molecular formula is C70H87N3O5. The van der Waals surface area contributed by atoms with Crippen LogP contribution in [-0.2, 0) is 26.3 Å². The van der Waals surface area contributed by atoms with Gasteiger partial charge in [0.1, 0.15) is 11.2 Å². The number of hydrogen-bond donors (Lipinski definition) is 2. The maximum Gasteiger partial charge on any atom is 0.339 e. The zero-order valence-corrected chi connectivity index (χ0v) is 46.9. The predicted molar refractivity (Wildman–Crippen MR) is 299 cm³/mol. The third kappa shape index (κ3) is 5.41. The van der Waals surface area contributed by atoms with Crippen molar-refractivity contribution in [1.82, 2.24) is 9.80 Å². The van der Waals surface area contributed by atoms with Gasteiger partial charge in [0.25, 0.3) is 0 Å². The highest BCUT2D eigenvalue weighted by molar-refractivity contribution is 6.00. The van der Waals surface area contributed by atoms with Crippen molar-refractivity contribution >= 4 is 11.9 Å². The van der Waals surface area contributed by atoms with Gasteiger partial charge in [-0.25, -0.2) is 4.79 Å². The Bertz CT molecular complexity index is 3030. The molecule has 18 atom stereocenters. The molecule has 1 aromatic carbocycles. The fourth-order valence-electron chi connectivity index (χ4n) is 26.6. The number of rotatable bonds is 4. The first-order chi connectivity index (χ1) is 38.1. The van der Waals surface area contributed by atoms with Crippen LogP contribution in [0.2, 0.25) is 0 Å². The van der Waals surface area contributed by atoms with Crippen molar-refractivity contribution < 1.29 is 24.2 Å². The zero-order valence-electron chi connectivity index (χ0n) is 46.9. The lowest BCUT2D eigenvalue weighted by molar-refractivity contribution is -0.282. The lowest BCUT2D eigenvalue weighted by Crippen LogP contribution is -2.78. The summed E-state index contributed by atoms with van der Waals surface area (Å²) in [5.74, 6) is 12.7. The summed E-state index contributed by atoms with van der Waals surface area (Å²) in [5.41, 5.74) is 12.8. The van der Waals surface area contributed by atoms with E-state index in [9.17, 15) is 5.11 Å². The largest absolute Gasteiger partial charge is 0.509 e. The molecule has 1 aromatic rings. The van der Waals surface area contributed by atoms with Gasteiger partial charge in [0.15, 0.2) is 11.4 Å². The minimum atomic E-state index is -1.16. The van der Waals surface area contributed by atoms with Crippen molar-refractivity contribution in [3.63, 3.8) is 0 Å². The van der Waals surface area contributed by atoms with Gasteiger partial charge in [-0.3, -0.25) is 9.69 Å². The molecule has 8 heteroatoms. The molecule has 0 unspecified atom stereocenters. The van der Waals surface area contributed by atoms with E-state index in [1.807, 2.05) is 0 Å². The summed E-state index contributed by atoms with van der Waals surface area (Å²) < 4.78 is 14.9. The Kier molecular flexibility index (Phi) is 9.96. The van der Waals surface area contributed by atoms with E-state index < -0.39 is 16.4 Å². The van der Waals surface area contributed by atoms with Gasteiger partial charge in [0.05, 0.1) is 11.0 Å². The highest BCUT2D eigenvalue weighted by Crippen LogP contribution is 2.89. The molecule has 0 radical (unpaired) electrons.